The van der Waals surface area contributed by atoms with Crippen LogP contribution in [0.5, 0.6) is 0 Å². The number of carboxylic acids is 1. The first-order chi connectivity index (χ1) is 15.5. The molecule has 1 heterocycles. The SMILES string of the molecule is O=C(N[C@H](Cc1ccccc1)C(=O)O)OCc1cc2cc(-c3cccc(F)c3)ccc2o1. The molecule has 0 saturated heterocycles. The summed E-state index contributed by atoms with van der Waals surface area (Å²) in [6.07, 6.45) is -0.715. The molecule has 0 aliphatic carbocycles. The molecule has 1 atom stereocenters. The Balaban J connectivity index is 1.39. The smallest absolute Gasteiger partial charge is 0.408 e. The van der Waals surface area contributed by atoms with Gasteiger partial charge in [-0.15, -0.1) is 0 Å². The number of benzene rings is 3. The van der Waals surface area contributed by atoms with E-state index in [1.807, 2.05) is 24.3 Å². The molecule has 32 heavy (non-hydrogen) atoms. The molecule has 0 spiro atoms. The Bertz CT molecular complexity index is 1250. The maximum Gasteiger partial charge on any atom is 0.408 e. The number of fused-ring (bicyclic) bond motifs is 1. The van der Waals surface area contributed by atoms with E-state index < -0.39 is 18.1 Å². The molecular formula is C25H20FNO5. The minimum atomic E-state index is -1.15. The monoisotopic (exact) mass is 433 g/mol. The topological polar surface area (TPSA) is 88.8 Å². The molecule has 7 heteroatoms. The number of carbonyl (C=O) groups is 2. The van der Waals surface area contributed by atoms with Gasteiger partial charge < -0.3 is 19.6 Å². The predicted octanol–water partition coefficient (Wildman–Crippen LogP) is 5.16. The summed E-state index contributed by atoms with van der Waals surface area (Å²) in [6, 6.07) is 21.3. The fraction of sp³-hybridized carbons (Fsp3) is 0.120. The van der Waals surface area contributed by atoms with E-state index in [1.54, 1.807) is 42.5 Å². The average Bonchev–Trinajstić information content (AvgIpc) is 3.20. The fourth-order valence-corrected chi connectivity index (χ4v) is 3.39. The van der Waals surface area contributed by atoms with Crippen molar-refractivity contribution >= 4 is 23.0 Å². The standard InChI is InChI=1S/C25H20FNO5/c26-20-8-4-7-17(13-20)18-9-10-23-19(12-18)14-21(32-23)15-31-25(30)27-22(24(28)29)11-16-5-2-1-3-6-16/h1-10,12-14,22H,11,15H2,(H,27,30)(H,28,29)/t22-/m1/s1. The van der Waals surface area contributed by atoms with Crippen LogP contribution in [-0.2, 0) is 22.6 Å². The van der Waals surface area contributed by atoms with Gasteiger partial charge in [-0.05, 0) is 47.0 Å². The van der Waals surface area contributed by atoms with Crippen molar-refractivity contribution in [1.82, 2.24) is 5.32 Å². The van der Waals surface area contributed by atoms with E-state index in [9.17, 15) is 19.1 Å². The third kappa shape index (κ3) is 5.13. The van der Waals surface area contributed by atoms with Crippen molar-refractivity contribution in [3.8, 4) is 11.1 Å². The summed E-state index contributed by atoms with van der Waals surface area (Å²) >= 11 is 0. The Hall–Kier alpha value is -4.13. The number of hydrogen-bond acceptors (Lipinski definition) is 4. The van der Waals surface area contributed by atoms with Crippen LogP contribution in [0.3, 0.4) is 0 Å². The van der Waals surface area contributed by atoms with E-state index in [4.69, 9.17) is 9.15 Å². The number of carbonyl (C=O) groups excluding carboxylic acids is 1. The molecule has 0 bridgehead atoms. The van der Waals surface area contributed by atoms with Gasteiger partial charge in [0, 0.05) is 11.8 Å². The Labute approximate surface area is 183 Å². The van der Waals surface area contributed by atoms with Crippen molar-refractivity contribution < 1.29 is 28.2 Å². The number of alkyl carbamates (subject to hydrolysis) is 1. The quantitative estimate of drug-likeness (QED) is 0.420. The predicted molar refractivity (Wildman–Crippen MR) is 116 cm³/mol. The van der Waals surface area contributed by atoms with Gasteiger partial charge in [-0.1, -0.05) is 48.5 Å². The Morgan fingerprint density at radius 1 is 0.969 bits per heavy atom. The maximum absolute atomic E-state index is 13.5. The molecule has 4 aromatic rings. The van der Waals surface area contributed by atoms with Crippen molar-refractivity contribution in [2.75, 3.05) is 0 Å². The molecule has 1 amide bonds. The molecule has 0 fully saturated rings. The Morgan fingerprint density at radius 2 is 1.75 bits per heavy atom. The lowest BCUT2D eigenvalue weighted by atomic mass is 10.0. The van der Waals surface area contributed by atoms with Crippen molar-refractivity contribution in [1.29, 1.82) is 0 Å². The molecule has 3 aromatic carbocycles. The third-order valence-electron chi connectivity index (χ3n) is 4.94. The van der Waals surface area contributed by atoms with Crippen LogP contribution >= 0.6 is 0 Å². The number of nitrogens with one attached hydrogen (secondary N) is 1. The lowest BCUT2D eigenvalue weighted by molar-refractivity contribution is -0.139. The first kappa shape index (κ1) is 21.1. The van der Waals surface area contributed by atoms with E-state index in [-0.39, 0.29) is 18.8 Å². The summed E-state index contributed by atoms with van der Waals surface area (Å²) in [5.41, 5.74) is 2.94. The van der Waals surface area contributed by atoms with Crippen LogP contribution in [0.15, 0.2) is 83.3 Å². The van der Waals surface area contributed by atoms with Crippen LogP contribution in [0.25, 0.3) is 22.1 Å². The van der Waals surface area contributed by atoms with Gasteiger partial charge >= 0.3 is 12.1 Å². The number of ether oxygens (including phenoxy) is 1. The highest BCUT2D eigenvalue weighted by Gasteiger charge is 2.21. The summed E-state index contributed by atoms with van der Waals surface area (Å²) < 4.78 is 24.3. The largest absolute Gasteiger partial charge is 0.480 e. The Kier molecular flexibility index (Phi) is 6.17. The maximum atomic E-state index is 13.5. The van der Waals surface area contributed by atoms with Crippen LogP contribution in [-0.4, -0.2) is 23.2 Å². The molecule has 0 unspecified atom stereocenters. The second kappa shape index (κ2) is 9.34. The summed E-state index contributed by atoms with van der Waals surface area (Å²) in [6.45, 7) is -0.159. The van der Waals surface area contributed by atoms with Gasteiger partial charge in [0.05, 0.1) is 0 Å². The van der Waals surface area contributed by atoms with Crippen molar-refractivity contribution in [2.45, 2.75) is 19.1 Å². The molecular weight excluding hydrogens is 413 g/mol. The average molecular weight is 433 g/mol. The third-order valence-corrected chi connectivity index (χ3v) is 4.94. The van der Waals surface area contributed by atoms with Gasteiger partial charge in [-0.25, -0.2) is 14.0 Å². The lowest BCUT2D eigenvalue weighted by Crippen LogP contribution is -2.42. The molecule has 0 saturated carbocycles. The number of rotatable bonds is 7. The first-order valence-corrected chi connectivity index (χ1v) is 9.96. The summed E-state index contributed by atoms with van der Waals surface area (Å²) in [7, 11) is 0. The van der Waals surface area contributed by atoms with Gasteiger partial charge in [0.1, 0.15) is 23.2 Å². The van der Waals surface area contributed by atoms with E-state index >= 15 is 0 Å². The summed E-state index contributed by atoms with van der Waals surface area (Å²) in [5.74, 6) is -1.07. The van der Waals surface area contributed by atoms with E-state index in [1.165, 1.54) is 12.1 Å². The van der Waals surface area contributed by atoms with Crippen LogP contribution in [0.1, 0.15) is 11.3 Å². The van der Waals surface area contributed by atoms with E-state index in [0.717, 1.165) is 22.1 Å². The van der Waals surface area contributed by atoms with Gasteiger partial charge in [0.15, 0.2) is 6.61 Å². The van der Waals surface area contributed by atoms with Gasteiger partial charge in [-0.2, -0.15) is 0 Å². The molecule has 0 radical (unpaired) electrons. The normalized spacial score (nSPS) is 11.8. The first-order valence-electron chi connectivity index (χ1n) is 9.96. The molecule has 0 aliphatic rings. The van der Waals surface area contributed by atoms with E-state index in [0.29, 0.717) is 11.3 Å². The fourth-order valence-electron chi connectivity index (χ4n) is 3.39. The van der Waals surface area contributed by atoms with Crippen LogP contribution in [0.2, 0.25) is 0 Å². The number of halogens is 1. The van der Waals surface area contributed by atoms with Crippen molar-refractivity contribution in [3.63, 3.8) is 0 Å². The van der Waals surface area contributed by atoms with Crippen molar-refractivity contribution in [3.05, 3.63) is 96.0 Å². The minimum Gasteiger partial charge on any atom is -0.480 e. The lowest BCUT2D eigenvalue weighted by Gasteiger charge is -2.14. The number of carboxylic acid groups (broad SMARTS) is 1. The number of hydrogen-bond donors (Lipinski definition) is 2. The van der Waals surface area contributed by atoms with Crippen LogP contribution < -0.4 is 5.32 Å². The molecule has 2 N–H and O–H groups in total. The zero-order chi connectivity index (χ0) is 22.5. The highest BCUT2D eigenvalue weighted by molar-refractivity contribution is 5.84. The van der Waals surface area contributed by atoms with Gasteiger partial charge in [0.25, 0.3) is 0 Å². The van der Waals surface area contributed by atoms with E-state index in [2.05, 4.69) is 5.32 Å². The zero-order valence-electron chi connectivity index (χ0n) is 17.0. The second-order valence-electron chi connectivity index (χ2n) is 7.28. The van der Waals surface area contributed by atoms with Crippen LogP contribution in [0, 0.1) is 5.82 Å². The van der Waals surface area contributed by atoms with Crippen molar-refractivity contribution in [2.24, 2.45) is 0 Å². The zero-order valence-corrected chi connectivity index (χ0v) is 17.0. The van der Waals surface area contributed by atoms with Crippen LogP contribution in [0.4, 0.5) is 9.18 Å². The summed E-state index contributed by atoms with van der Waals surface area (Å²) in [4.78, 5) is 23.6. The van der Waals surface area contributed by atoms with Gasteiger partial charge in [0.2, 0.25) is 0 Å². The number of aliphatic carboxylic acids is 1. The highest BCUT2D eigenvalue weighted by Crippen LogP contribution is 2.27. The number of amides is 1. The highest BCUT2D eigenvalue weighted by atomic mass is 19.1. The molecule has 4 rings (SSSR count). The molecule has 1 aromatic heterocycles. The molecule has 162 valence electrons. The number of furan rings is 1. The van der Waals surface area contributed by atoms with Gasteiger partial charge in [-0.3, -0.25) is 0 Å². The summed E-state index contributed by atoms with van der Waals surface area (Å²) in [5, 5.41) is 12.5. The molecule has 6 nitrogen and oxygen atoms in total. The minimum absolute atomic E-state index is 0.138. The Morgan fingerprint density at radius 3 is 2.50 bits per heavy atom. The second-order valence-corrected chi connectivity index (χ2v) is 7.28. The molecule has 0 aliphatic heterocycles.